The molecule has 0 spiro atoms. The van der Waals surface area contributed by atoms with Crippen molar-refractivity contribution in [3.63, 3.8) is 0 Å². The number of hydrogen-bond acceptors (Lipinski definition) is 3. The molecule has 0 amide bonds. The molecule has 0 aromatic heterocycles. The van der Waals surface area contributed by atoms with Gasteiger partial charge in [-0.3, -0.25) is 0 Å². The Balaban J connectivity index is 2.19. The minimum absolute atomic E-state index is 0.0650. The quantitative estimate of drug-likeness (QED) is 0.792. The van der Waals surface area contributed by atoms with Crippen LogP contribution in [0.4, 0.5) is 0 Å². The number of hydrogen-bond donors (Lipinski definition) is 0. The molecule has 4 nitrogen and oxygen atoms in total. The average molecular weight is 306 g/mol. The molecule has 1 heterocycles. The van der Waals surface area contributed by atoms with Crippen LogP contribution in [-0.2, 0) is 14.8 Å². The standard InChI is InChI=1S/C10H12BrNO3S/c1-12(6-9-7-15-9)16(13,14)10-4-2-8(11)3-5-10/h2-5,9H,6-7H2,1H3/t9-/m0/s1. The van der Waals surface area contributed by atoms with Gasteiger partial charge in [-0.1, -0.05) is 15.9 Å². The maximum Gasteiger partial charge on any atom is 0.242 e. The lowest BCUT2D eigenvalue weighted by molar-refractivity contribution is 0.359. The van der Waals surface area contributed by atoms with Gasteiger partial charge in [0.05, 0.1) is 17.6 Å². The van der Waals surface area contributed by atoms with E-state index in [2.05, 4.69) is 15.9 Å². The largest absolute Gasteiger partial charge is 0.372 e. The predicted molar refractivity (Wildman–Crippen MR) is 63.7 cm³/mol. The third kappa shape index (κ3) is 2.63. The summed E-state index contributed by atoms with van der Waals surface area (Å²) in [7, 11) is -1.81. The summed E-state index contributed by atoms with van der Waals surface area (Å²) >= 11 is 3.27. The molecular weight excluding hydrogens is 294 g/mol. The minimum atomic E-state index is -3.38. The van der Waals surface area contributed by atoms with Crippen LogP contribution in [0.1, 0.15) is 0 Å². The number of rotatable bonds is 4. The number of likely N-dealkylation sites (N-methyl/N-ethyl adjacent to an activating group) is 1. The van der Waals surface area contributed by atoms with Crippen molar-refractivity contribution in [3.05, 3.63) is 28.7 Å². The van der Waals surface area contributed by atoms with Crippen LogP contribution < -0.4 is 0 Å². The van der Waals surface area contributed by atoms with Gasteiger partial charge in [-0.15, -0.1) is 0 Å². The Morgan fingerprint density at radius 1 is 1.44 bits per heavy atom. The van der Waals surface area contributed by atoms with Crippen LogP contribution in [0.2, 0.25) is 0 Å². The van der Waals surface area contributed by atoms with E-state index in [0.717, 1.165) is 4.47 Å². The van der Waals surface area contributed by atoms with Crippen LogP contribution in [0, 0.1) is 0 Å². The van der Waals surface area contributed by atoms with Crippen molar-refractivity contribution in [2.24, 2.45) is 0 Å². The fourth-order valence-corrected chi connectivity index (χ4v) is 2.81. The number of epoxide rings is 1. The molecule has 0 unspecified atom stereocenters. The molecule has 6 heteroatoms. The summed E-state index contributed by atoms with van der Waals surface area (Å²) in [6.07, 6.45) is 0.0650. The highest BCUT2D eigenvalue weighted by Crippen LogP contribution is 2.20. The van der Waals surface area contributed by atoms with Crippen LogP contribution in [0.25, 0.3) is 0 Å². The highest BCUT2D eigenvalue weighted by molar-refractivity contribution is 9.10. The molecule has 1 aromatic rings. The second kappa shape index (κ2) is 4.44. The summed E-state index contributed by atoms with van der Waals surface area (Å²) in [5.74, 6) is 0. The van der Waals surface area contributed by atoms with Gasteiger partial charge in [0.25, 0.3) is 0 Å². The van der Waals surface area contributed by atoms with Crippen LogP contribution in [0.5, 0.6) is 0 Å². The Morgan fingerprint density at radius 2 is 2.00 bits per heavy atom. The number of halogens is 1. The minimum Gasteiger partial charge on any atom is -0.372 e. The Morgan fingerprint density at radius 3 is 2.50 bits per heavy atom. The van der Waals surface area contributed by atoms with Crippen LogP contribution in [0.3, 0.4) is 0 Å². The van der Waals surface area contributed by atoms with Crippen molar-refractivity contribution in [2.75, 3.05) is 20.2 Å². The average Bonchev–Trinajstić information content (AvgIpc) is 3.02. The van der Waals surface area contributed by atoms with Gasteiger partial charge in [-0.2, -0.15) is 4.31 Å². The predicted octanol–water partition coefficient (Wildman–Crippen LogP) is 1.47. The molecular formula is C10H12BrNO3S. The van der Waals surface area contributed by atoms with Crippen molar-refractivity contribution in [1.29, 1.82) is 0 Å². The normalized spacial score (nSPS) is 20.1. The van der Waals surface area contributed by atoms with Crippen molar-refractivity contribution in [2.45, 2.75) is 11.0 Å². The number of benzene rings is 1. The molecule has 1 aromatic carbocycles. The fourth-order valence-electron chi connectivity index (χ4n) is 1.34. The van der Waals surface area contributed by atoms with Gasteiger partial charge in [0.1, 0.15) is 0 Å². The van der Waals surface area contributed by atoms with Gasteiger partial charge in [0.2, 0.25) is 10.0 Å². The highest BCUT2D eigenvalue weighted by atomic mass is 79.9. The summed E-state index contributed by atoms with van der Waals surface area (Å²) in [6.45, 7) is 1.07. The first-order valence-electron chi connectivity index (χ1n) is 4.83. The molecule has 0 saturated carbocycles. The first kappa shape index (κ1) is 12.0. The molecule has 1 aliphatic rings. The van der Waals surface area contributed by atoms with E-state index in [1.807, 2.05) is 0 Å². The summed E-state index contributed by atoms with van der Waals surface area (Å²) in [5.41, 5.74) is 0. The second-order valence-electron chi connectivity index (χ2n) is 3.69. The first-order chi connectivity index (χ1) is 7.50. The maximum absolute atomic E-state index is 12.1. The molecule has 16 heavy (non-hydrogen) atoms. The maximum atomic E-state index is 12.1. The van der Waals surface area contributed by atoms with Gasteiger partial charge >= 0.3 is 0 Å². The zero-order valence-corrected chi connectivity index (χ0v) is 11.2. The molecule has 1 aliphatic heterocycles. The first-order valence-corrected chi connectivity index (χ1v) is 7.07. The highest BCUT2D eigenvalue weighted by Gasteiger charge is 2.29. The van der Waals surface area contributed by atoms with E-state index in [4.69, 9.17) is 4.74 Å². The molecule has 0 aliphatic carbocycles. The summed E-state index contributed by atoms with van der Waals surface area (Å²) < 4.78 is 31.3. The molecule has 0 bridgehead atoms. The van der Waals surface area contributed by atoms with Crippen LogP contribution in [0.15, 0.2) is 33.6 Å². The van der Waals surface area contributed by atoms with Gasteiger partial charge in [-0.25, -0.2) is 8.42 Å². The summed E-state index contributed by atoms with van der Waals surface area (Å²) in [5, 5.41) is 0. The SMILES string of the molecule is CN(C[C@H]1CO1)S(=O)(=O)c1ccc(Br)cc1. The van der Waals surface area contributed by atoms with E-state index >= 15 is 0 Å². The third-order valence-corrected chi connectivity index (χ3v) is 4.75. The zero-order chi connectivity index (χ0) is 11.8. The topological polar surface area (TPSA) is 49.9 Å². The third-order valence-electron chi connectivity index (χ3n) is 2.38. The van der Waals surface area contributed by atoms with E-state index < -0.39 is 10.0 Å². The smallest absolute Gasteiger partial charge is 0.242 e. The number of ether oxygens (including phenoxy) is 1. The molecule has 1 saturated heterocycles. The molecule has 0 N–H and O–H groups in total. The molecule has 2 rings (SSSR count). The van der Waals surface area contributed by atoms with Gasteiger partial charge in [0.15, 0.2) is 0 Å². The van der Waals surface area contributed by atoms with E-state index in [9.17, 15) is 8.42 Å². The monoisotopic (exact) mass is 305 g/mol. The van der Waals surface area contributed by atoms with E-state index in [-0.39, 0.29) is 6.10 Å². The lowest BCUT2D eigenvalue weighted by atomic mass is 10.4. The second-order valence-corrected chi connectivity index (χ2v) is 6.66. The van der Waals surface area contributed by atoms with E-state index in [1.54, 1.807) is 31.3 Å². The Labute approximate surface area is 103 Å². The molecule has 1 atom stereocenters. The summed E-state index contributed by atoms with van der Waals surface area (Å²) in [4.78, 5) is 0.304. The van der Waals surface area contributed by atoms with Crippen molar-refractivity contribution >= 4 is 26.0 Å². The van der Waals surface area contributed by atoms with Gasteiger partial charge in [-0.05, 0) is 24.3 Å². The molecule has 1 fully saturated rings. The molecule has 88 valence electrons. The number of nitrogens with zero attached hydrogens (tertiary/aromatic N) is 1. The zero-order valence-electron chi connectivity index (χ0n) is 8.76. The van der Waals surface area contributed by atoms with E-state index in [0.29, 0.717) is 18.0 Å². The fraction of sp³-hybridized carbons (Fsp3) is 0.400. The molecule has 0 radical (unpaired) electrons. The Hall–Kier alpha value is -0.430. The van der Waals surface area contributed by atoms with E-state index in [1.165, 1.54) is 4.31 Å². The lowest BCUT2D eigenvalue weighted by Crippen LogP contribution is -2.30. The van der Waals surface area contributed by atoms with Gasteiger partial charge < -0.3 is 4.74 Å². The van der Waals surface area contributed by atoms with Crippen molar-refractivity contribution in [1.82, 2.24) is 4.31 Å². The summed E-state index contributed by atoms with van der Waals surface area (Å²) in [6, 6.07) is 6.61. The van der Waals surface area contributed by atoms with Crippen molar-refractivity contribution < 1.29 is 13.2 Å². The van der Waals surface area contributed by atoms with Crippen molar-refractivity contribution in [3.8, 4) is 0 Å². The Bertz CT molecular complexity index is 467. The van der Waals surface area contributed by atoms with Crippen LogP contribution in [-0.4, -0.2) is 39.0 Å². The lowest BCUT2D eigenvalue weighted by Gasteiger charge is -2.15. The number of sulfonamides is 1. The Kier molecular flexibility index (Phi) is 3.34. The van der Waals surface area contributed by atoms with Crippen LogP contribution >= 0.6 is 15.9 Å². The van der Waals surface area contributed by atoms with Gasteiger partial charge in [0, 0.05) is 18.1 Å².